The van der Waals surface area contributed by atoms with Gasteiger partial charge in [0.2, 0.25) is 0 Å². The van der Waals surface area contributed by atoms with E-state index in [2.05, 4.69) is 0 Å². The molecule has 0 saturated carbocycles. The number of nitrogens with one attached hydrogen (secondary N) is 1. The van der Waals surface area contributed by atoms with Crippen molar-refractivity contribution in [3.8, 4) is 5.75 Å². The number of amides is 1. The number of nitrogens with two attached hydrogens (primary N) is 1. The Morgan fingerprint density at radius 1 is 1.30 bits per heavy atom. The van der Waals surface area contributed by atoms with Crippen LogP contribution in [-0.4, -0.2) is 44.4 Å². The molecule has 0 aromatic heterocycles. The van der Waals surface area contributed by atoms with E-state index in [0.717, 1.165) is 0 Å². The second-order valence-electron chi connectivity index (χ2n) is 4.09. The summed E-state index contributed by atoms with van der Waals surface area (Å²) < 4.78 is 27.3. The summed E-state index contributed by atoms with van der Waals surface area (Å²) in [4.78, 5) is 11.2. The standard InChI is InChI=1S/C12H18N2O4S2/c1-20(16,17)9-8-19-7-6-18-11-4-2-10(3-5-11)12(15)14-13/h2-5H,6-9,13H2,1H3,(H,14,15). The van der Waals surface area contributed by atoms with Gasteiger partial charge in [0.1, 0.15) is 15.6 Å². The Balaban J connectivity index is 2.24. The van der Waals surface area contributed by atoms with Crippen LogP contribution in [0.3, 0.4) is 0 Å². The molecule has 1 rings (SSSR count). The third kappa shape index (κ3) is 6.78. The number of rotatable bonds is 8. The number of nitrogen functional groups attached to an aromatic ring is 1. The Hall–Kier alpha value is -1.25. The van der Waals surface area contributed by atoms with Crippen LogP contribution >= 0.6 is 11.8 Å². The number of carbonyl (C=O) groups excluding carboxylic acids is 1. The summed E-state index contributed by atoms with van der Waals surface area (Å²) >= 11 is 1.53. The van der Waals surface area contributed by atoms with Gasteiger partial charge >= 0.3 is 0 Å². The van der Waals surface area contributed by atoms with E-state index in [-0.39, 0.29) is 11.7 Å². The zero-order valence-corrected chi connectivity index (χ0v) is 12.8. The second kappa shape index (κ2) is 8.13. The van der Waals surface area contributed by atoms with Crippen molar-refractivity contribution in [2.45, 2.75) is 0 Å². The number of carbonyl (C=O) groups is 1. The molecule has 0 bridgehead atoms. The summed E-state index contributed by atoms with van der Waals surface area (Å²) in [5.74, 6) is 6.78. The third-order valence-electron chi connectivity index (χ3n) is 2.34. The molecule has 3 N–H and O–H groups in total. The van der Waals surface area contributed by atoms with Gasteiger partial charge < -0.3 is 4.74 Å². The molecular weight excluding hydrogens is 300 g/mol. The highest BCUT2D eigenvalue weighted by atomic mass is 32.2. The first-order valence-corrected chi connectivity index (χ1v) is 9.13. The molecule has 0 aliphatic rings. The molecular formula is C12H18N2O4S2. The molecule has 1 aromatic rings. The lowest BCUT2D eigenvalue weighted by Gasteiger charge is -2.06. The first kappa shape index (κ1) is 16.8. The van der Waals surface area contributed by atoms with Crippen LogP contribution in [0.15, 0.2) is 24.3 Å². The van der Waals surface area contributed by atoms with Crippen molar-refractivity contribution in [1.29, 1.82) is 0 Å². The first-order chi connectivity index (χ1) is 9.42. The Morgan fingerprint density at radius 3 is 2.50 bits per heavy atom. The minimum Gasteiger partial charge on any atom is -0.493 e. The Bertz CT molecular complexity index is 529. The Labute approximate surface area is 123 Å². The van der Waals surface area contributed by atoms with Gasteiger partial charge in [0.15, 0.2) is 0 Å². The van der Waals surface area contributed by atoms with Crippen molar-refractivity contribution in [2.24, 2.45) is 5.84 Å². The fraction of sp³-hybridized carbons (Fsp3) is 0.417. The van der Waals surface area contributed by atoms with E-state index in [9.17, 15) is 13.2 Å². The molecule has 6 nitrogen and oxygen atoms in total. The molecule has 0 atom stereocenters. The summed E-state index contributed by atoms with van der Waals surface area (Å²) in [5, 5.41) is 0. The maximum Gasteiger partial charge on any atom is 0.265 e. The highest BCUT2D eigenvalue weighted by Gasteiger charge is 2.03. The molecule has 0 saturated heterocycles. The quantitative estimate of drug-likeness (QED) is 0.312. The fourth-order valence-electron chi connectivity index (χ4n) is 1.32. The van der Waals surface area contributed by atoms with Crippen LogP contribution in [0.25, 0.3) is 0 Å². The highest BCUT2D eigenvalue weighted by molar-refractivity contribution is 8.00. The van der Waals surface area contributed by atoms with Gasteiger partial charge in [0, 0.05) is 23.3 Å². The molecule has 0 fully saturated rings. The summed E-state index contributed by atoms with van der Waals surface area (Å²) in [6, 6.07) is 6.61. The monoisotopic (exact) mass is 318 g/mol. The Kier molecular flexibility index (Phi) is 6.83. The van der Waals surface area contributed by atoms with Crippen molar-refractivity contribution < 1.29 is 17.9 Å². The van der Waals surface area contributed by atoms with Gasteiger partial charge in [-0.05, 0) is 24.3 Å². The van der Waals surface area contributed by atoms with Gasteiger partial charge in [-0.1, -0.05) is 0 Å². The number of hydrogen-bond acceptors (Lipinski definition) is 6. The average molecular weight is 318 g/mol. The van der Waals surface area contributed by atoms with Gasteiger partial charge in [0.05, 0.1) is 12.4 Å². The van der Waals surface area contributed by atoms with Crippen LogP contribution in [0.2, 0.25) is 0 Å². The van der Waals surface area contributed by atoms with E-state index in [0.29, 0.717) is 29.4 Å². The smallest absolute Gasteiger partial charge is 0.265 e. The second-order valence-corrected chi connectivity index (χ2v) is 7.57. The van der Waals surface area contributed by atoms with Crippen molar-refractivity contribution in [3.63, 3.8) is 0 Å². The van der Waals surface area contributed by atoms with Crippen LogP contribution in [0.1, 0.15) is 10.4 Å². The fourth-order valence-corrected chi connectivity index (χ4v) is 3.40. The van der Waals surface area contributed by atoms with Crippen molar-refractivity contribution in [3.05, 3.63) is 29.8 Å². The molecule has 0 radical (unpaired) electrons. The lowest BCUT2D eigenvalue weighted by Crippen LogP contribution is -2.29. The topological polar surface area (TPSA) is 98.5 Å². The van der Waals surface area contributed by atoms with Gasteiger partial charge in [-0.2, -0.15) is 11.8 Å². The maximum absolute atomic E-state index is 11.2. The SMILES string of the molecule is CS(=O)(=O)CCSCCOc1ccc(C(=O)NN)cc1. The number of sulfone groups is 1. The molecule has 0 aliphatic heterocycles. The van der Waals surface area contributed by atoms with Gasteiger partial charge in [-0.15, -0.1) is 0 Å². The predicted molar refractivity (Wildman–Crippen MR) is 80.6 cm³/mol. The average Bonchev–Trinajstić information content (AvgIpc) is 2.41. The summed E-state index contributed by atoms with van der Waals surface area (Å²) in [6.07, 6.45) is 1.23. The molecule has 0 spiro atoms. The minimum atomic E-state index is -2.89. The predicted octanol–water partition coefficient (Wildman–Crippen LogP) is 0.447. The number of hydrogen-bond donors (Lipinski definition) is 2. The van der Waals surface area contributed by atoms with Gasteiger partial charge in [-0.25, -0.2) is 14.3 Å². The third-order valence-corrected chi connectivity index (χ3v) is 4.49. The highest BCUT2D eigenvalue weighted by Crippen LogP contribution is 2.12. The molecule has 112 valence electrons. The van der Waals surface area contributed by atoms with E-state index < -0.39 is 9.84 Å². The number of hydrazine groups is 1. The van der Waals surface area contributed by atoms with E-state index in [1.54, 1.807) is 24.3 Å². The van der Waals surface area contributed by atoms with E-state index in [1.807, 2.05) is 5.43 Å². The van der Waals surface area contributed by atoms with Crippen LogP contribution in [-0.2, 0) is 9.84 Å². The van der Waals surface area contributed by atoms with Crippen molar-refractivity contribution in [2.75, 3.05) is 30.1 Å². The molecule has 1 amide bonds. The molecule has 8 heteroatoms. The first-order valence-electron chi connectivity index (χ1n) is 5.91. The number of benzene rings is 1. The molecule has 0 aliphatic carbocycles. The lowest BCUT2D eigenvalue weighted by molar-refractivity contribution is 0.0953. The number of ether oxygens (including phenoxy) is 1. The van der Waals surface area contributed by atoms with E-state index in [4.69, 9.17) is 10.6 Å². The molecule has 0 unspecified atom stereocenters. The van der Waals surface area contributed by atoms with Crippen molar-refractivity contribution in [1.82, 2.24) is 5.43 Å². The van der Waals surface area contributed by atoms with Crippen LogP contribution in [0, 0.1) is 0 Å². The van der Waals surface area contributed by atoms with Gasteiger partial charge in [0.25, 0.3) is 5.91 Å². The number of thioether (sulfide) groups is 1. The summed E-state index contributed by atoms with van der Waals surface area (Å²) in [5.41, 5.74) is 2.51. The van der Waals surface area contributed by atoms with E-state index in [1.165, 1.54) is 18.0 Å². The van der Waals surface area contributed by atoms with Gasteiger partial charge in [-0.3, -0.25) is 10.2 Å². The molecule has 0 heterocycles. The maximum atomic E-state index is 11.2. The largest absolute Gasteiger partial charge is 0.493 e. The molecule has 1 aromatic carbocycles. The summed E-state index contributed by atoms with van der Waals surface area (Å²) in [6.45, 7) is 0.483. The van der Waals surface area contributed by atoms with Crippen LogP contribution in [0.4, 0.5) is 0 Å². The minimum absolute atomic E-state index is 0.181. The van der Waals surface area contributed by atoms with Crippen molar-refractivity contribution >= 4 is 27.5 Å². The molecule has 20 heavy (non-hydrogen) atoms. The zero-order chi connectivity index (χ0) is 15.0. The van der Waals surface area contributed by atoms with E-state index >= 15 is 0 Å². The normalized spacial score (nSPS) is 11.1. The zero-order valence-electron chi connectivity index (χ0n) is 11.2. The summed E-state index contributed by atoms with van der Waals surface area (Å²) in [7, 11) is -2.89. The van der Waals surface area contributed by atoms with Crippen LogP contribution < -0.4 is 16.0 Å². The van der Waals surface area contributed by atoms with Crippen LogP contribution in [0.5, 0.6) is 5.75 Å². The lowest BCUT2D eigenvalue weighted by atomic mass is 10.2. The Morgan fingerprint density at radius 2 is 1.95 bits per heavy atom.